The van der Waals surface area contributed by atoms with Gasteiger partial charge in [-0.1, -0.05) is 11.6 Å². The molecule has 1 aromatic carbocycles. The molecule has 0 spiro atoms. The standard InChI is InChI=1S/C17H10ClN3O4S/c18-14-6-5-13(26-14)16(22)19-15-9-7-8(1-2-10(9)20-21-15)11-3-4-12(25-11)17(23)24/h1-7H,(H,23,24)(H2,19,20,21,22). The van der Waals surface area contributed by atoms with Crippen molar-refractivity contribution in [2.45, 2.75) is 0 Å². The Morgan fingerprint density at radius 3 is 2.73 bits per heavy atom. The van der Waals surface area contributed by atoms with Gasteiger partial charge in [0.25, 0.3) is 5.91 Å². The Bertz CT molecular complexity index is 1140. The quantitative estimate of drug-likeness (QED) is 0.478. The summed E-state index contributed by atoms with van der Waals surface area (Å²) in [5, 5.41) is 19.4. The number of aromatic nitrogens is 2. The molecule has 3 heterocycles. The lowest BCUT2D eigenvalue weighted by atomic mass is 10.1. The van der Waals surface area contributed by atoms with Gasteiger partial charge in [0.2, 0.25) is 5.76 Å². The van der Waals surface area contributed by atoms with Crippen molar-refractivity contribution in [2.24, 2.45) is 0 Å². The summed E-state index contributed by atoms with van der Waals surface area (Å²) < 4.78 is 5.84. The highest BCUT2D eigenvalue weighted by molar-refractivity contribution is 7.18. The highest BCUT2D eigenvalue weighted by atomic mass is 35.5. The van der Waals surface area contributed by atoms with Crippen molar-refractivity contribution in [3.8, 4) is 11.3 Å². The first kappa shape index (κ1) is 16.4. The van der Waals surface area contributed by atoms with E-state index in [1.54, 1.807) is 36.4 Å². The molecule has 0 aliphatic rings. The van der Waals surface area contributed by atoms with E-state index in [1.807, 2.05) is 0 Å². The van der Waals surface area contributed by atoms with Gasteiger partial charge in [0, 0.05) is 10.9 Å². The van der Waals surface area contributed by atoms with E-state index >= 15 is 0 Å². The first-order valence-corrected chi connectivity index (χ1v) is 8.59. The number of amides is 1. The van der Waals surface area contributed by atoms with Gasteiger partial charge in [0.15, 0.2) is 5.82 Å². The molecule has 0 aliphatic heterocycles. The molecule has 1 amide bonds. The number of carbonyl (C=O) groups is 2. The Balaban J connectivity index is 1.68. The summed E-state index contributed by atoms with van der Waals surface area (Å²) in [6.45, 7) is 0. The number of benzene rings is 1. The zero-order chi connectivity index (χ0) is 18.3. The number of carbonyl (C=O) groups excluding carboxylic acids is 1. The highest BCUT2D eigenvalue weighted by Gasteiger charge is 2.15. The molecule has 9 heteroatoms. The van der Waals surface area contributed by atoms with Crippen LogP contribution in [0.3, 0.4) is 0 Å². The third-order valence-corrected chi connectivity index (χ3v) is 4.92. The monoisotopic (exact) mass is 387 g/mol. The molecule has 7 nitrogen and oxygen atoms in total. The minimum absolute atomic E-state index is 0.143. The second-order valence-electron chi connectivity index (χ2n) is 5.36. The van der Waals surface area contributed by atoms with Crippen molar-refractivity contribution >= 4 is 51.5 Å². The first-order chi connectivity index (χ1) is 12.5. The van der Waals surface area contributed by atoms with Crippen molar-refractivity contribution in [2.75, 3.05) is 5.32 Å². The van der Waals surface area contributed by atoms with E-state index < -0.39 is 5.97 Å². The molecule has 3 aromatic heterocycles. The SMILES string of the molecule is O=C(O)c1ccc(-c2ccc3[nH]nc(NC(=O)c4ccc(Cl)s4)c3c2)o1. The van der Waals surface area contributed by atoms with Crippen LogP contribution in [0.4, 0.5) is 5.82 Å². The van der Waals surface area contributed by atoms with Crippen molar-refractivity contribution in [1.29, 1.82) is 0 Å². The normalized spacial score (nSPS) is 11.0. The molecule has 0 saturated carbocycles. The molecule has 26 heavy (non-hydrogen) atoms. The number of anilines is 1. The fraction of sp³-hybridized carbons (Fsp3) is 0. The number of furan rings is 1. The van der Waals surface area contributed by atoms with Gasteiger partial charge < -0.3 is 14.8 Å². The fourth-order valence-corrected chi connectivity index (χ4v) is 3.41. The highest BCUT2D eigenvalue weighted by Crippen LogP contribution is 2.29. The summed E-state index contributed by atoms with van der Waals surface area (Å²) in [7, 11) is 0. The number of nitrogens with one attached hydrogen (secondary N) is 2. The van der Waals surface area contributed by atoms with Gasteiger partial charge in [-0.2, -0.15) is 5.10 Å². The van der Waals surface area contributed by atoms with Crippen LogP contribution in [0.1, 0.15) is 20.2 Å². The van der Waals surface area contributed by atoms with Gasteiger partial charge in [-0.25, -0.2) is 4.79 Å². The smallest absolute Gasteiger partial charge is 0.371 e. The Labute approximate surface area is 155 Å². The number of carboxylic acids is 1. The summed E-state index contributed by atoms with van der Waals surface area (Å²) in [5.74, 6) is -0.820. The Kier molecular flexibility index (Phi) is 3.98. The maximum absolute atomic E-state index is 12.3. The number of aromatic carboxylic acids is 1. The van der Waals surface area contributed by atoms with E-state index in [2.05, 4.69) is 15.5 Å². The molecular formula is C17H10ClN3O4S. The average Bonchev–Trinajstić information content (AvgIpc) is 3.34. The molecule has 4 rings (SSSR count). The minimum Gasteiger partial charge on any atom is -0.475 e. The number of rotatable bonds is 4. The van der Waals surface area contributed by atoms with Gasteiger partial charge in [-0.15, -0.1) is 11.3 Å². The van der Waals surface area contributed by atoms with Crippen molar-refractivity contribution < 1.29 is 19.1 Å². The molecule has 4 aromatic rings. The van der Waals surface area contributed by atoms with E-state index in [-0.39, 0.29) is 11.7 Å². The van der Waals surface area contributed by atoms with Crippen LogP contribution in [0.2, 0.25) is 4.34 Å². The Morgan fingerprint density at radius 2 is 2.04 bits per heavy atom. The van der Waals surface area contributed by atoms with Crippen LogP contribution in [0.15, 0.2) is 46.9 Å². The predicted molar refractivity (Wildman–Crippen MR) is 98.0 cm³/mol. The molecule has 0 atom stereocenters. The summed E-state index contributed by atoms with van der Waals surface area (Å²) >= 11 is 7.03. The van der Waals surface area contributed by atoms with Crippen LogP contribution >= 0.6 is 22.9 Å². The lowest BCUT2D eigenvalue weighted by Crippen LogP contribution is -2.10. The second-order valence-corrected chi connectivity index (χ2v) is 7.07. The average molecular weight is 388 g/mol. The molecule has 0 bridgehead atoms. The summed E-state index contributed by atoms with van der Waals surface area (Å²) in [5.41, 5.74) is 1.39. The zero-order valence-corrected chi connectivity index (χ0v) is 14.5. The number of halogens is 1. The maximum atomic E-state index is 12.3. The molecule has 0 unspecified atom stereocenters. The lowest BCUT2D eigenvalue weighted by Gasteiger charge is -2.01. The van der Waals surface area contributed by atoms with E-state index in [0.29, 0.717) is 31.7 Å². The van der Waals surface area contributed by atoms with Crippen LogP contribution in [0.25, 0.3) is 22.2 Å². The number of thiophene rings is 1. The van der Waals surface area contributed by atoms with Gasteiger partial charge in [0.1, 0.15) is 5.76 Å². The zero-order valence-electron chi connectivity index (χ0n) is 12.9. The third kappa shape index (κ3) is 2.96. The van der Waals surface area contributed by atoms with E-state index in [9.17, 15) is 9.59 Å². The molecule has 0 aliphatic carbocycles. The Hall–Kier alpha value is -3.10. The van der Waals surface area contributed by atoms with Gasteiger partial charge >= 0.3 is 5.97 Å². The number of hydrogen-bond donors (Lipinski definition) is 3. The molecule has 3 N–H and O–H groups in total. The van der Waals surface area contributed by atoms with Crippen molar-refractivity contribution in [3.63, 3.8) is 0 Å². The van der Waals surface area contributed by atoms with Crippen molar-refractivity contribution in [3.05, 3.63) is 57.4 Å². The van der Waals surface area contributed by atoms with Crippen LogP contribution < -0.4 is 5.32 Å². The number of nitrogens with zero attached hydrogens (tertiary/aromatic N) is 1. The predicted octanol–water partition coefficient (Wildman–Crippen LogP) is 4.49. The number of H-pyrrole nitrogens is 1. The minimum atomic E-state index is -1.14. The molecular weight excluding hydrogens is 378 g/mol. The first-order valence-electron chi connectivity index (χ1n) is 7.39. The van der Waals surface area contributed by atoms with Crippen LogP contribution in [0, 0.1) is 0 Å². The van der Waals surface area contributed by atoms with E-state index in [1.165, 1.54) is 17.4 Å². The number of aromatic amines is 1. The van der Waals surface area contributed by atoms with Crippen LogP contribution in [0.5, 0.6) is 0 Å². The number of hydrogen-bond acceptors (Lipinski definition) is 5. The molecule has 0 saturated heterocycles. The largest absolute Gasteiger partial charge is 0.475 e. The fourth-order valence-electron chi connectivity index (χ4n) is 2.48. The number of fused-ring (bicyclic) bond motifs is 1. The van der Waals surface area contributed by atoms with Crippen molar-refractivity contribution in [1.82, 2.24) is 10.2 Å². The van der Waals surface area contributed by atoms with Gasteiger partial charge in [0.05, 0.1) is 14.7 Å². The van der Waals surface area contributed by atoms with Gasteiger partial charge in [-0.05, 0) is 42.5 Å². The topological polar surface area (TPSA) is 108 Å². The number of carboxylic acid groups (broad SMARTS) is 1. The molecule has 130 valence electrons. The second kappa shape index (κ2) is 6.32. The molecule has 0 fully saturated rings. The molecule has 0 radical (unpaired) electrons. The lowest BCUT2D eigenvalue weighted by molar-refractivity contribution is 0.0663. The Morgan fingerprint density at radius 1 is 1.19 bits per heavy atom. The van der Waals surface area contributed by atoms with Crippen LogP contribution in [-0.4, -0.2) is 27.2 Å². The maximum Gasteiger partial charge on any atom is 0.371 e. The van der Waals surface area contributed by atoms with Crippen LogP contribution in [-0.2, 0) is 0 Å². The summed E-state index contributed by atoms with van der Waals surface area (Å²) in [4.78, 5) is 23.7. The van der Waals surface area contributed by atoms with E-state index in [0.717, 1.165) is 5.52 Å². The third-order valence-electron chi connectivity index (χ3n) is 3.69. The van der Waals surface area contributed by atoms with E-state index in [4.69, 9.17) is 21.1 Å². The summed E-state index contributed by atoms with van der Waals surface area (Å²) in [6.07, 6.45) is 0. The van der Waals surface area contributed by atoms with Gasteiger partial charge in [-0.3, -0.25) is 9.89 Å². The summed E-state index contributed by atoms with van der Waals surface area (Å²) in [6, 6.07) is 11.6.